The second-order valence-electron chi connectivity index (χ2n) is 5.54. The maximum absolute atomic E-state index is 10.9. The molecule has 1 saturated heterocycles. The first-order valence-corrected chi connectivity index (χ1v) is 7.44. The molecule has 21 heavy (non-hydrogen) atoms. The first-order chi connectivity index (χ1) is 10.1. The Morgan fingerprint density at radius 1 is 1.57 bits per heavy atom. The van der Waals surface area contributed by atoms with E-state index in [0.717, 1.165) is 25.1 Å². The van der Waals surface area contributed by atoms with Gasteiger partial charge in [0.05, 0.1) is 11.5 Å². The van der Waals surface area contributed by atoms with Gasteiger partial charge >= 0.3 is 0 Å². The molecule has 1 heterocycles. The molecular formula is C15H23N3O3. The largest absolute Gasteiger partial charge is 0.395 e. The van der Waals surface area contributed by atoms with Crippen molar-refractivity contribution in [1.82, 2.24) is 10.2 Å². The molecule has 0 saturated carbocycles. The first-order valence-electron chi connectivity index (χ1n) is 7.44. The zero-order valence-electron chi connectivity index (χ0n) is 12.4. The summed E-state index contributed by atoms with van der Waals surface area (Å²) in [4.78, 5) is 12.7. The quantitative estimate of drug-likeness (QED) is 0.591. The van der Waals surface area contributed by atoms with Crippen LogP contribution in [0.1, 0.15) is 31.4 Å². The van der Waals surface area contributed by atoms with Gasteiger partial charge in [-0.3, -0.25) is 15.0 Å². The van der Waals surface area contributed by atoms with E-state index in [0.29, 0.717) is 12.6 Å². The number of nitro groups is 1. The zero-order chi connectivity index (χ0) is 15.2. The molecule has 0 bridgehead atoms. The molecule has 1 aromatic rings. The van der Waals surface area contributed by atoms with E-state index < -0.39 is 0 Å². The van der Waals surface area contributed by atoms with E-state index in [-0.39, 0.29) is 23.3 Å². The first kappa shape index (κ1) is 15.9. The number of hydrogen-bond acceptors (Lipinski definition) is 5. The molecule has 0 spiro atoms. The Balaban J connectivity index is 2.10. The van der Waals surface area contributed by atoms with Crippen LogP contribution in [0.15, 0.2) is 24.3 Å². The number of non-ortho nitro benzene ring substituents is 1. The van der Waals surface area contributed by atoms with Crippen molar-refractivity contribution in [2.24, 2.45) is 0 Å². The molecule has 1 aliphatic heterocycles. The summed E-state index contributed by atoms with van der Waals surface area (Å²) in [7, 11) is 0. The van der Waals surface area contributed by atoms with Gasteiger partial charge in [0.15, 0.2) is 0 Å². The van der Waals surface area contributed by atoms with Crippen molar-refractivity contribution in [2.75, 3.05) is 26.2 Å². The smallest absolute Gasteiger partial charge is 0.269 e. The number of rotatable bonds is 7. The molecule has 2 rings (SSSR count). The van der Waals surface area contributed by atoms with Gasteiger partial charge in [-0.1, -0.05) is 12.1 Å². The summed E-state index contributed by atoms with van der Waals surface area (Å²) in [6.45, 7) is 4.59. The molecule has 0 aromatic heterocycles. The molecule has 0 radical (unpaired) electrons. The molecular weight excluding hydrogens is 270 g/mol. The van der Waals surface area contributed by atoms with Crippen LogP contribution in [0.5, 0.6) is 0 Å². The Morgan fingerprint density at radius 3 is 3.00 bits per heavy atom. The van der Waals surface area contributed by atoms with Gasteiger partial charge in [-0.15, -0.1) is 0 Å². The van der Waals surface area contributed by atoms with E-state index in [2.05, 4.69) is 10.2 Å². The van der Waals surface area contributed by atoms with Crippen LogP contribution in [-0.4, -0.2) is 47.2 Å². The SMILES string of the molecule is CC(c1cccc([N+](=O)[O-])c1)N(CCO)CC1CCCN1. The predicted octanol–water partition coefficient (Wildman–Crippen LogP) is 1.70. The fraction of sp³-hybridized carbons (Fsp3) is 0.600. The monoisotopic (exact) mass is 293 g/mol. The molecule has 2 unspecified atom stereocenters. The van der Waals surface area contributed by atoms with Crippen LogP contribution in [0.2, 0.25) is 0 Å². The van der Waals surface area contributed by atoms with Crippen LogP contribution in [0, 0.1) is 10.1 Å². The maximum atomic E-state index is 10.9. The molecule has 6 heteroatoms. The van der Waals surface area contributed by atoms with E-state index in [1.54, 1.807) is 12.1 Å². The Hall–Kier alpha value is -1.50. The lowest BCUT2D eigenvalue weighted by Crippen LogP contribution is -2.40. The Morgan fingerprint density at radius 2 is 2.38 bits per heavy atom. The second kappa shape index (κ2) is 7.49. The number of hydrogen-bond donors (Lipinski definition) is 2. The lowest BCUT2D eigenvalue weighted by molar-refractivity contribution is -0.384. The third-order valence-electron chi connectivity index (χ3n) is 4.12. The van der Waals surface area contributed by atoms with Gasteiger partial charge < -0.3 is 10.4 Å². The number of aliphatic hydroxyl groups excluding tert-OH is 1. The number of benzene rings is 1. The summed E-state index contributed by atoms with van der Waals surface area (Å²) >= 11 is 0. The highest BCUT2D eigenvalue weighted by molar-refractivity contribution is 5.35. The molecule has 0 aliphatic carbocycles. The van der Waals surface area contributed by atoms with Crippen LogP contribution in [-0.2, 0) is 0 Å². The van der Waals surface area contributed by atoms with Crippen LogP contribution in [0.3, 0.4) is 0 Å². The van der Waals surface area contributed by atoms with Crippen molar-refractivity contribution in [3.05, 3.63) is 39.9 Å². The van der Waals surface area contributed by atoms with Gasteiger partial charge in [-0.05, 0) is 31.9 Å². The van der Waals surface area contributed by atoms with Gasteiger partial charge in [-0.25, -0.2) is 0 Å². The van der Waals surface area contributed by atoms with Crippen molar-refractivity contribution in [3.63, 3.8) is 0 Å². The predicted molar refractivity (Wildman–Crippen MR) is 81.2 cm³/mol. The van der Waals surface area contributed by atoms with Crippen molar-refractivity contribution in [1.29, 1.82) is 0 Å². The normalized spacial score (nSPS) is 19.9. The van der Waals surface area contributed by atoms with Crippen LogP contribution in [0.25, 0.3) is 0 Å². The van der Waals surface area contributed by atoms with E-state index in [1.807, 2.05) is 13.0 Å². The van der Waals surface area contributed by atoms with Gasteiger partial charge in [0, 0.05) is 37.3 Å². The zero-order valence-corrected chi connectivity index (χ0v) is 12.4. The van der Waals surface area contributed by atoms with Crippen molar-refractivity contribution in [2.45, 2.75) is 31.8 Å². The fourth-order valence-corrected chi connectivity index (χ4v) is 2.88. The average molecular weight is 293 g/mol. The number of aliphatic hydroxyl groups is 1. The van der Waals surface area contributed by atoms with Crippen LogP contribution >= 0.6 is 0 Å². The van der Waals surface area contributed by atoms with Gasteiger partial charge in [0.1, 0.15) is 0 Å². The van der Waals surface area contributed by atoms with Crippen molar-refractivity contribution in [3.8, 4) is 0 Å². The van der Waals surface area contributed by atoms with E-state index >= 15 is 0 Å². The minimum atomic E-state index is -0.370. The van der Waals surface area contributed by atoms with E-state index in [9.17, 15) is 15.2 Å². The molecule has 1 fully saturated rings. The summed E-state index contributed by atoms with van der Waals surface area (Å²) in [6.07, 6.45) is 2.33. The summed E-state index contributed by atoms with van der Waals surface area (Å²) in [6, 6.07) is 7.23. The molecule has 1 aromatic carbocycles. The van der Waals surface area contributed by atoms with Gasteiger partial charge in [0.2, 0.25) is 0 Å². The maximum Gasteiger partial charge on any atom is 0.269 e. The minimum absolute atomic E-state index is 0.0412. The van der Waals surface area contributed by atoms with Crippen molar-refractivity contribution < 1.29 is 10.0 Å². The highest BCUT2D eigenvalue weighted by Crippen LogP contribution is 2.24. The Labute approximate surface area is 124 Å². The summed E-state index contributed by atoms with van der Waals surface area (Å²) < 4.78 is 0. The molecule has 0 amide bonds. The summed E-state index contributed by atoms with van der Waals surface area (Å²) in [5.74, 6) is 0. The Kier molecular flexibility index (Phi) is 5.67. The second-order valence-corrected chi connectivity index (χ2v) is 5.54. The highest BCUT2D eigenvalue weighted by Gasteiger charge is 2.22. The summed E-state index contributed by atoms with van der Waals surface area (Å²) in [5, 5.41) is 23.6. The topological polar surface area (TPSA) is 78.6 Å². The van der Waals surface area contributed by atoms with E-state index in [4.69, 9.17) is 0 Å². The third kappa shape index (κ3) is 4.23. The summed E-state index contributed by atoms with van der Waals surface area (Å²) in [5.41, 5.74) is 1.03. The molecule has 2 N–H and O–H groups in total. The standard InChI is InChI=1S/C15H23N3O3/c1-12(13-4-2-6-15(10-13)18(20)21)17(8-9-19)11-14-5-3-7-16-14/h2,4,6,10,12,14,16,19H,3,5,7-9,11H2,1H3. The lowest BCUT2D eigenvalue weighted by Gasteiger charge is -2.31. The number of nitro benzene ring substituents is 1. The number of nitrogens with one attached hydrogen (secondary N) is 1. The molecule has 6 nitrogen and oxygen atoms in total. The molecule has 116 valence electrons. The average Bonchev–Trinajstić information content (AvgIpc) is 2.99. The van der Waals surface area contributed by atoms with Crippen molar-refractivity contribution >= 4 is 5.69 Å². The lowest BCUT2D eigenvalue weighted by atomic mass is 10.0. The van der Waals surface area contributed by atoms with Gasteiger partial charge in [0.25, 0.3) is 5.69 Å². The van der Waals surface area contributed by atoms with Crippen LogP contribution < -0.4 is 5.32 Å². The fourth-order valence-electron chi connectivity index (χ4n) is 2.88. The van der Waals surface area contributed by atoms with Crippen LogP contribution in [0.4, 0.5) is 5.69 Å². The highest BCUT2D eigenvalue weighted by atomic mass is 16.6. The third-order valence-corrected chi connectivity index (χ3v) is 4.12. The molecule has 1 aliphatic rings. The van der Waals surface area contributed by atoms with Gasteiger partial charge in [-0.2, -0.15) is 0 Å². The Bertz CT molecular complexity index is 475. The molecule has 2 atom stereocenters. The van der Waals surface area contributed by atoms with E-state index in [1.165, 1.54) is 12.5 Å². The number of nitrogens with zero attached hydrogens (tertiary/aromatic N) is 2. The minimum Gasteiger partial charge on any atom is -0.395 e.